The van der Waals surface area contributed by atoms with E-state index in [1.807, 2.05) is 6.07 Å². The molecule has 0 aromatic heterocycles. The van der Waals surface area contributed by atoms with E-state index < -0.39 is 0 Å². The van der Waals surface area contributed by atoms with Crippen LogP contribution in [0.5, 0.6) is 0 Å². The molecule has 98 valence electrons. The summed E-state index contributed by atoms with van der Waals surface area (Å²) in [6.45, 7) is 5.34. The highest BCUT2D eigenvalue weighted by Gasteiger charge is 2.18. The van der Waals surface area contributed by atoms with Crippen molar-refractivity contribution in [3.8, 4) is 0 Å². The van der Waals surface area contributed by atoms with Gasteiger partial charge in [-0.05, 0) is 56.3 Å². The Hall–Kier alpha value is -0.790. The topological polar surface area (TPSA) is 12.0 Å². The summed E-state index contributed by atoms with van der Waals surface area (Å²) in [4.78, 5) is 0. The first-order valence-corrected chi connectivity index (χ1v) is 7.28. The van der Waals surface area contributed by atoms with Crippen LogP contribution in [0, 0.1) is 6.92 Å². The van der Waals surface area contributed by atoms with Gasteiger partial charge in [-0.1, -0.05) is 42.3 Å². The standard InChI is InChI=1S/C16H22ClN/c1-3-10-18-16(13-6-4-5-7-13)14-8-9-15(17)12(2)11-14/h6,8-9,11,16,18H,3-5,7,10H2,1-2H3. The molecule has 0 fully saturated rings. The van der Waals surface area contributed by atoms with Crippen LogP contribution >= 0.6 is 11.6 Å². The predicted octanol–water partition coefficient (Wildman–Crippen LogP) is 4.80. The van der Waals surface area contributed by atoms with Gasteiger partial charge in [0.25, 0.3) is 0 Å². The molecule has 0 saturated heterocycles. The van der Waals surface area contributed by atoms with Crippen molar-refractivity contribution in [3.63, 3.8) is 0 Å². The van der Waals surface area contributed by atoms with Gasteiger partial charge in [0.05, 0.1) is 6.04 Å². The Morgan fingerprint density at radius 3 is 2.83 bits per heavy atom. The molecular formula is C16H22ClN. The highest BCUT2D eigenvalue weighted by Crippen LogP contribution is 2.32. The molecule has 0 spiro atoms. The summed E-state index contributed by atoms with van der Waals surface area (Å²) in [6, 6.07) is 6.77. The van der Waals surface area contributed by atoms with Crippen molar-refractivity contribution >= 4 is 11.6 Å². The van der Waals surface area contributed by atoms with E-state index in [9.17, 15) is 0 Å². The monoisotopic (exact) mass is 263 g/mol. The SMILES string of the molecule is CCCNC(C1=CCCC1)c1ccc(Cl)c(C)c1. The number of allylic oxidation sites excluding steroid dienone is 1. The molecule has 1 aliphatic carbocycles. The quantitative estimate of drug-likeness (QED) is 0.753. The summed E-state index contributed by atoms with van der Waals surface area (Å²) >= 11 is 6.11. The maximum absolute atomic E-state index is 6.11. The summed E-state index contributed by atoms with van der Waals surface area (Å²) in [5, 5.41) is 4.52. The van der Waals surface area contributed by atoms with Gasteiger partial charge in [0, 0.05) is 5.02 Å². The average molecular weight is 264 g/mol. The second-order valence-electron chi connectivity index (χ2n) is 5.07. The molecule has 0 radical (unpaired) electrons. The van der Waals surface area contributed by atoms with Gasteiger partial charge in [0.1, 0.15) is 0 Å². The normalized spacial score (nSPS) is 16.7. The molecule has 0 bridgehead atoms. The molecule has 1 aromatic carbocycles. The zero-order valence-electron chi connectivity index (χ0n) is 11.3. The maximum Gasteiger partial charge on any atom is 0.0536 e. The van der Waals surface area contributed by atoms with E-state index in [1.165, 1.54) is 24.8 Å². The number of hydrogen-bond acceptors (Lipinski definition) is 1. The largest absolute Gasteiger partial charge is 0.307 e. The van der Waals surface area contributed by atoms with Crippen molar-refractivity contribution in [2.24, 2.45) is 0 Å². The summed E-state index contributed by atoms with van der Waals surface area (Å²) in [6.07, 6.45) is 7.31. The van der Waals surface area contributed by atoms with E-state index in [0.717, 1.165) is 23.6 Å². The maximum atomic E-state index is 6.11. The smallest absolute Gasteiger partial charge is 0.0536 e. The number of nitrogens with one attached hydrogen (secondary N) is 1. The van der Waals surface area contributed by atoms with E-state index in [1.54, 1.807) is 5.57 Å². The van der Waals surface area contributed by atoms with Gasteiger partial charge < -0.3 is 5.32 Å². The lowest BCUT2D eigenvalue weighted by atomic mass is 9.96. The Kier molecular flexibility index (Phi) is 4.85. The van der Waals surface area contributed by atoms with Gasteiger partial charge in [-0.2, -0.15) is 0 Å². The number of rotatable bonds is 5. The second-order valence-corrected chi connectivity index (χ2v) is 5.47. The lowest BCUT2D eigenvalue weighted by Crippen LogP contribution is -2.23. The molecular weight excluding hydrogens is 242 g/mol. The second kappa shape index (κ2) is 6.40. The lowest BCUT2D eigenvalue weighted by Gasteiger charge is -2.21. The van der Waals surface area contributed by atoms with Crippen LogP contribution in [0.3, 0.4) is 0 Å². The molecule has 2 heteroatoms. The minimum Gasteiger partial charge on any atom is -0.307 e. The van der Waals surface area contributed by atoms with E-state index in [0.29, 0.717) is 6.04 Å². The third-order valence-electron chi connectivity index (χ3n) is 3.56. The molecule has 1 N–H and O–H groups in total. The van der Waals surface area contributed by atoms with Crippen molar-refractivity contribution in [2.75, 3.05) is 6.54 Å². The minimum atomic E-state index is 0.378. The molecule has 0 amide bonds. The van der Waals surface area contributed by atoms with E-state index in [-0.39, 0.29) is 0 Å². The Labute approximate surface area is 115 Å². The first kappa shape index (κ1) is 13.6. The molecule has 0 saturated carbocycles. The first-order chi connectivity index (χ1) is 8.72. The van der Waals surface area contributed by atoms with E-state index in [2.05, 4.69) is 37.4 Å². The number of benzene rings is 1. The van der Waals surface area contributed by atoms with Gasteiger partial charge in [-0.15, -0.1) is 0 Å². The molecule has 1 nitrogen and oxygen atoms in total. The summed E-state index contributed by atoms with van der Waals surface area (Å²) in [7, 11) is 0. The Balaban J connectivity index is 2.23. The summed E-state index contributed by atoms with van der Waals surface area (Å²) in [5.74, 6) is 0. The van der Waals surface area contributed by atoms with E-state index in [4.69, 9.17) is 11.6 Å². The van der Waals surface area contributed by atoms with Gasteiger partial charge in [0.15, 0.2) is 0 Å². The minimum absolute atomic E-state index is 0.378. The summed E-state index contributed by atoms with van der Waals surface area (Å²) < 4.78 is 0. The van der Waals surface area contributed by atoms with Gasteiger partial charge in [-0.25, -0.2) is 0 Å². The number of aryl methyl sites for hydroxylation is 1. The fourth-order valence-electron chi connectivity index (χ4n) is 2.56. The fourth-order valence-corrected chi connectivity index (χ4v) is 2.67. The molecule has 2 rings (SSSR count). The molecule has 1 unspecified atom stereocenters. The highest BCUT2D eigenvalue weighted by atomic mass is 35.5. The van der Waals surface area contributed by atoms with Crippen LogP contribution in [0.15, 0.2) is 29.8 Å². The van der Waals surface area contributed by atoms with Crippen LogP contribution in [0.1, 0.15) is 49.8 Å². The van der Waals surface area contributed by atoms with Gasteiger partial charge >= 0.3 is 0 Å². The van der Waals surface area contributed by atoms with Gasteiger partial charge in [-0.3, -0.25) is 0 Å². The van der Waals surface area contributed by atoms with Crippen LogP contribution in [0.4, 0.5) is 0 Å². The van der Waals surface area contributed by atoms with Crippen LogP contribution in [0.2, 0.25) is 5.02 Å². The zero-order chi connectivity index (χ0) is 13.0. The van der Waals surface area contributed by atoms with Crippen LogP contribution in [-0.4, -0.2) is 6.54 Å². The third-order valence-corrected chi connectivity index (χ3v) is 3.98. The van der Waals surface area contributed by atoms with Gasteiger partial charge in [0.2, 0.25) is 0 Å². The fraction of sp³-hybridized carbons (Fsp3) is 0.500. The third kappa shape index (κ3) is 3.15. The molecule has 0 heterocycles. The number of hydrogen-bond donors (Lipinski definition) is 1. The molecule has 1 aromatic rings. The van der Waals surface area contributed by atoms with Crippen LogP contribution in [0.25, 0.3) is 0 Å². The molecule has 0 aliphatic heterocycles. The van der Waals surface area contributed by atoms with Crippen molar-refractivity contribution in [3.05, 3.63) is 46.0 Å². The van der Waals surface area contributed by atoms with Crippen molar-refractivity contribution in [1.29, 1.82) is 0 Å². The Bertz CT molecular complexity index is 437. The molecule has 18 heavy (non-hydrogen) atoms. The van der Waals surface area contributed by atoms with Crippen molar-refractivity contribution < 1.29 is 0 Å². The summed E-state index contributed by atoms with van der Waals surface area (Å²) in [5.41, 5.74) is 4.06. The Morgan fingerprint density at radius 2 is 2.22 bits per heavy atom. The highest BCUT2D eigenvalue weighted by molar-refractivity contribution is 6.31. The van der Waals surface area contributed by atoms with Crippen molar-refractivity contribution in [1.82, 2.24) is 5.32 Å². The molecule has 1 aliphatic rings. The van der Waals surface area contributed by atoms with Crippen LogP contribution in [-0.2, 0) is 0 Å². The Morgan fingerprint density at radius 1 is 1.39 bits per heavy atom. The predicted molar refractivity (Wildman–Crippen MR) is 79.2 cm³/mol. The van der Waals surface area contributed by atoms with E-state index >= 15 is 0 Å². The van der Waals surface area contributed by atoms with Crippen molar-refractivity contribution in [2.45, 2.75) is 45.6 Å². The first-order valence-electron chi connectivity index (χ1n) is 6.90. The molecule has 1 atom stereocenters. The lowest BCUT2D eigenvalue weighted by molar-refractivity contribution is 0.578. The zero-order valence-corrected chi connectivity index (χ0v) is 12.1. The average Bonchev–Trinajstić information content (AvgIpc) is 2.88. The number of halogens is 1. The van der Waals surface area contributed by atoms with Crippen LogP contribution < -0.4 is 5.32 Å².